The van der Waals surface area contributed by atoms with Gasteiger partial charge >= 0.3 is 12.1 Å². The number of pyridine rings is 1. The van der Waals surface area contributed by atoms with Crippen molar-refractivity contribution in [1.29, 1.82) is 0 Å². The summed E-state index contributed by atoms with van der Waals surface area (Å²) in [7, 11) is -1.33. The molecule has 11 nitrogen and oxygen atoms in total. The second kappa shape index (κ2) is 14.6. The first-order valence-corrected chi connectivity index (χ1v) is 23.4. The van der Waals surface area contributed by atoms with E-state index in [4.69, 9.17) is 14.2 Å². The molecule has 2 aliphatic heterocycles. The smallest absolute Gasteiger partial charge is 0.411 e. The number of hydrogen-bond acceptors (Lipinski definition) is 8. The summed E-state index contributed by atoms with van der Waals surface area (Å²) in [5.74, 6) is -2.28. The summed E-state index contributed by atoms with van der Waals surface area (Å²) in [6, 6.07) is 13.0. The Morgan fingerprint density at radius 1 is 0.930 bits per heavy atom. The molecule has 1 unspecified atom stereocenters. The van der Waals surface area contributed by atoms with E-state index in [-0.39, 0.29) is 30.5 Å². The van der Waals surface area contributed by atoms with Crippen LogP contribution in [0.25, 0.3) is 0 Å². The second-order valence-electron chi connectivity index (χ2n) is 18.4. The first-order chi connectivity index (χ1) is 26.7. The normalized spacial score (nSPS) is 22.7. The monoisotopic (exact) mass is 802 g/mol. The van der Waals surface area contributed by atoms with Gasteiger partial charge in [-0.2, -0.15) is 0 Å². The Morgan fingerprint density at radius 2 is 1.61 bits per heavy atom. The van der Waals surface area contributed by atoms with Crippen LogP contribution < -0.4 is 9.64 Å². The van der Waals surface area contributed by atoms with Crippen LogP contribution in [-0.2, 0) is 47.7 Å². The topological polar surface area (TPSA) is 119 Å². The van der Waals surface area contributed by atoms with E-state index in [0.29, 0.717) is 50.9 Å². The molecule has 1 saturated carbocycles. The number of carbonyl (C=O) groups is 4. The highest BCUT2D eigenvalue weighted by Gasteiger charge is 2.61. The van der Waals surface area contributed by atoms with E-state index in [1.165, 1.54) is 9.80 Å². The molecule has 0 N–H and O–H groups in total. The average Bonchev–Trinajstić information content (AvgIpc) is 3.81. The molecule has 1 aromatic heterocycles. The predicted octanol–water partition coefficient (Wildman–Crippen LogP) is 7.27. The first-order valence-electron chi connectivity index (χ1n) is 19.7. The molecule has 0 bridgehead atoms. The van der Waals surface area contributed by atoms with Gasteiger partial charge in [-0.25, -0.2) is 23.4 Å². The van der Waals surface area contributed by atoms with Gasteiger partial charge < -0.3 is 19.1 Å². The van der Waals surface area contributed by atoms with E-state index in [0.717, 1.165) is 40.9 Å². The lowest BCUT2D eigenvalue weighted by molar-refractivity contribution is -0.168. The van der Waals surface area contributed by atoms with Crippen LogP contribution in [0.5, 0.6) is 5.75 Å². The fourth-order valence-corrected chi connectivity index (χ4v) is 9.71. The molecule has 0 radical (unpaired) electrons. The van der Waals surface area contributed by atoms with E-state index in [2.05, 4.69) is 24.6 Å². The van der Waals surface area contributed by atoms with Crippen LogP contribution in [0, 0.1) is 11.6 Å². The summed E-state index contributed by atoms with van der Waals surface area (Å²) in [5, 5.41) is 0. The molecule has 3 amide bonds. The Balaban J connectivity index is 1.14. The maximum atomic E-state index is 14.8. The zero-order valence-corrected chi connectivity index (χ0v) is 34.9. The van der Waals surface area contributed by atoms with Gasteiger partial charge in [0.2, 0.25) is 11.8 Å². The number of amides is 3. The average molecular weight is 803 g/mol. The number of benzene rings is 2. The maximum Gasteiger partial charge on any atom is 0.411 e. The zero-order chi connectivity index (χ0) is 41.1. The van der Waals surface area contributed by atoms with Crippen LogP contribution in [-0.4, -0.2) is 84.3 Å². The van der Waals surface area contributed by atoms with Gasteiger partial charge in [0.25, 0.3) is 0 Å². The van der Waals surface area contributed by atoms with Crippen LogP contribution in [0.3, 0.4) is 0 Å². The van der Waals surface area contributed by atoms with Crippen LogP contribution in [0.2, 0.25) is 25.7 Å². The molecule has 2 aliphatic carbocycles. The molecule has 2 fully saturated rings. The van der Waals surface area contributed by atoms with Gasteiger partial charge in [-0.1, -0.05) is 44.6 Å². The van der Waals surface area contributed by atoms with Gasteiger partial charge in [0.05, 0.1) is 17.5 Å². The van der Waals surface area contributed by atoms with E-state index >= 15 is 0 Å². The van der Waals surface area contributed by atoms with Crippen LogP contribution in [0.1, 0.15) is 75.6 Å². The predicted molar refractivity (Wildman–Crippen MR) is 211 cm³/mol. The highest BCUT2D eigenvalue weighted by molar-refractivity contribution is 6.76. The largest absolute Gasteiger partial charge is 0.444 e. The molecule has 2 atom stereocenters. The van der Waals surface area contributed by atoms with Crippen molar-refractivity contribution in [1.82, 2.24) is 14.8 Å². The van der Waals surface area contributed by atoms with Gasteiger partial charge in [0, 0.05) is 32.5 Å². The van der Waals surface area contributed by atoms with Gasteiger partial charge in [-0.05, 0) is 106 Å². The molecule has 1 saturated heterocycles. The summed E-state index contributed by atoms with van der Waals surface area (Å²) >= 11 is 0. The molecule has 304 valence electrons. The van der Waals surface area contributed by atoms with E-state index in [1.807, 2.05) is 18.2 Å². The number of esters is 1. The Morgan fingerprint density at radius 3 is 2.28 bits per heavy atom. The van der Waals surface area contributed by atoms with Crippen molar-refractivity contribution in [3.05, 3.63) is 88.6 Å². The minimum Gasteiger partial charge on any atom is -0.444 e. The molecular formula is C43H52F2N4O7Si. The number of hydrogen-bond donors (Lipinski definition) is 0. The molecule has 3 aromatic rings. The Hall–Kier alpha value is -4.69. The van der Waals surface area contributed by atoms with Crippen molar-refractivity contribution in [2.75, 3.05) is 31.3 Å². The molecule has 2 aromatic carbocycles. The second-order valence-corrected chi connectivity index (χ2v) is 24.0. The van der Waals surface area contributed by atoms with Crippen LogP contribution in [0.4, 0.5) is 19.4 Å². The summed E-state index contributed by atoms with van der Waals surface area (Å²) in [6.45, 7) is 13.5. The number of piperazine rings is 1. The maximum absolute atomic E-state index is 14.8. The van der Waals surface area contributed by atoms with Crippen molar-refractivity contribution in [3.8, 4) is 5.75 Å². The fraction of sp³-hybridized carbons (Fsp3) is 0.512. The van der Waals surface area contributed by atoms with Crippen molar-refractivity contribution in [3.63, 3.8) is 0 Å². The number of rotatable bonds is 9. The van der Waals surface area contributed by atoms with Crippen molar-refractivity contribution in [2.24, 2.45) is 0 Å². The van der Waals surface area contributed by atoms with E-state index in [1.54, 1.807) is 50.9 Å². The molecule has 7 rings (SSSR count). The number of nitrogens with zero attached hydrogens (tertiary/aromatic N) is 4. The van der Waals surface area contributed by atoms with Crippen molar-refractivity contribution < 1.29 is 42.2 Å². The van der Waals surface area contributed by atoms with Crippen molar-refractivity contribution in [2.45, 2.75) is 114 Å². The highest BCUT2D eigenvalue weighted by atomic mass is 28.3. The van der Waals surface area contributed by atoms with Crippen molar-refractivity contribution >= 4 is 37.8 Å². The lowest BCUT2D eigenvalue weighted by Crippen LogP contribution is -2.73. The minimum atomic E-state index is -1.54. The third-order valence-corrected chi connectivity index (χ3v) is 13.6. The first kappa shape index (κ1) is 40.5. The number of ether oxygens (including phenoxy) is 3. The van der Waals surface area contributed by atoms with Gasteiger partial charge in [-0.3, -0.25) is 19.4 Å². The number of aromatic nitrogens is 1. The molecule has 2 spiro atoms. The zero-order valence-electron chi connectivity index (χ0n) is 33.9. The third kappa shape index (κ3) is 7.58. The summed E-state index contributed by atoms with van der Waals surface area (Å²) in [6.07, 6.45) is 3.79. The Labute approximate surface area is 333 Å². The lowest BCUT2D eigenvalue weighted by atomic mass is 9.79. The summed E-state index contributed by atoms with van der Waals surface area (Å²) in [4.78, 5) is 65.7. The lowest BCUT2D eigenvalue weighted by Gasteiger charge is -2.56. The quantitative estimate of drug-likeness (QED) is 0.0961. The SMILES string of the molecule is CC(C)(C)OC(=O)N1C[C@@](C)(c2cc(F)cc(F)c2)N(CC(=O)Oc2ccc3c(c2)CC2(C3)C(=O)N(COCC[Si](C)(C)C)c3ncccc32)C(=O)C12CCCC2. The third-order valence-electron chi connectivity index (χ3n) is 11.9. The minimum absolute atomic E-state index is 0.0804. The molecule has 57 heavy (non-hydrogen) atoms. The molecule has 4 aliphatic rings. The van der Waals surface area contributed by atoms with Gasteiger partial charge in [0.1, 0.15) is 47.6 Å². The molecule has 3 heterocycles. The Bertz CT molecular complexity index is 2090. The summed E-state index contributed by atoms with van der Waals surface area (Å²) < 4.78 is 47.2. The Kier molecular flexibility index (Phi) is 10.4. The number of halogens is 2. The fourth-order valence-electron chi connectivity index (χ4n) is 8.95. The summed E-state index contributed by atoms with van der Waals surface area (Å²) in [5.41, 5.74) is -1.90. The molecular weight excluding hydrogens is 751 g/mol. The number of fused-ring (bicyclic) bond motifs is 3. The number of anilines is 1. The van der Waals surface area contributed by atoms with Crippen LogP contribution >= 0.6 is 0 Å². The highest BCUT2D eigenvalue weighted by Crippen LogP contribution is 2.50. The van der Waals surface area contributed by atoms with Gasteiger partial charge in [0.15, 0.2) is 0 Å². The number of carbonyl (C=O) groups excluding carboxylic acids is 4. The van der Waals surface area contributed by atoms with Crippen LogP contribution in [0.15, 0.2) is 54.7 Å². The molecule has 14 heteroatoms. The van der Waals surface area contributed by atoms with E-state index in [9.17, 15) is 28.0 Å². The standard InChI is InChI=1S/C43H52F2N4O7Si/c1-40(2,3)56-39(53)49-26-41(4,30-20-31(44)22-32(45)21-30)48(38(52)43(49)14-8-9-15-43)25-35(50)55-33-13-12-28-23-42(24-29(28)19-33)34-11-10-16-46-36(34)47(37(42)51)27-54-17-18-57(5,6)7/h10-13,16,19-22H,8-9,14-15,17-18,23-27H2,1-7H3/t41-,42?/m0/s1. The van der Waals surface area contributed by atoms with Gasteiger partial charge in [-0.15, -0.1) is 0 Å². The van der Waals surface area contributed by atoms with E-state index < -0.39 is 66.3 Å².